The van der Waals surface area contributed by atoms with Gasteiger partial charge >= 0.3 is 0 Å². The molecule has 0 aliphatic carbocycles. The second-order valence-electron chi connectivity index (χ2n) is 3.20. The lowest BCUT2D eigenvalue weighted by molar-refractivity contribution is 0.0300. The summed E-state index contributed by atoms with van der Waals surface area (Å²) < 4.78 is 0. The van der Waals surface area contributed by atoms with Crippen molar-refractivity contribution in [1.29, 1.82) is 0 Å². The predicted molar refractivity (Wildman–Crippen MR) is 59.2 cm³/mol. The van der Waals surface area contributed by atoms with Crippen LogP contribution in [-0.2, 0) is 0 Å². The van der Waals surface area contributed by atoms with Gasteiger partial charge < -0.3 is 15.6 Å². The molecule has 0 saturated heterocycles. The Labute approximate surface area is 90.6 Å². The molecule has 0 aliphatic rings. The Kier molecular flexibility index (Phi) is 2.63. The summed E-state index contributed by atoms with van der Waals surface area (Å²) in [6.07, 6.45) is 0. The van der Waals surface area contributed by atoms with E-state index in [9.17, 15) is 10.4 Å². The topological polar surface area (TPSA) is 93.1 Å². The third kappa shape index (κ3) is 1.66. The van der Waals surface area contributed by atoms with Crippen LogP contribution in [0.25, 0.3) is 10.8 Å². The number of anilines is 2. The molecule has 6 nitrogen and oxygen atoms in total. The quantitative estimate of drug-likeness (QED) is 0.753. The van der Waals surface area contributed by atoms with E-state index in [1.165, 1.54) is 12.1 Å². The molecule has 2 rings (SSSR count). The molecule has 0 spiro atoms. The van der Waals surface area contributed by atoms with Gasteiger partial charge in [-0.2, -0.15) is 0 Å². The molecule has 2 aromatic carbocycles. The molecule has 2 N–H and O–H groups in total. The number of hydrogen-bond acceptors (Lipinski definition) is 6. The Morgan fingerprint density at radius 1 is 0.875 bits per heavy atom. The first-order valence-corrected chi connectivity index (χ1v) is 4.45. The van der Waals surface area contributed by atoms with Crippen molar-refractivity contribution in [2.75, 3.05) is 10.5 Å². The van der Waals surface area contributed by atoms with E-state index >= 15 is 0 Å². The number of benzene rings is 2. The van der Waals surface area contributed by atoms with Gasteiger partial charge in [-0.15, -0.1) is 5.23 Å². The van der Waals surface area contributed by atoms with Crippen LogP contribution in [-0.4, -0.2) is 10.4 Å². The average Bonchev–Trinajstić information content (AvgIpc) is 2.27. The first-order valence-electron chi connectivity index (χ1n) is 4.45. The van der Waals surface area contributed by atoms with Gasteiger partial charge in [0.1, 0.15) is 5.69 Å². The highest BCUT2D eigenvalue weighted by Gasteiger charge is 2.08. The molecule has 0 bridgehead atoms. The average molecular weight is 220 g/mol. The second-order valence-corrected chi connectivity index (χ2v) is 3.20. The molecule has 0 aliphatic heterocycles. The first kappa shape index (κ1) is 10.7. The summed E-state index contributed by atoms with van der Waals surface area (Å²) in [4.78, 5) is 0. The highest BCUT2D eigenvalue weighted by atomic mass is 16.8. The zero-order chi connectivity index (χ0) is 11.7. The van der Waals surface area contributed by atoms with Crippen molar-refractivity contribution in [2.24, 2.45) is 0 Å². The molecule has 0 saturated carbocycles. The van der Waals surface area contributed by atoms with Crippen LogP contribution >= 0.6 is 0 Å². The van der Waals surface area contributed by atoms with Crippen LogP contribution in [0.3, 0.4) is 0 Å². The van der Waals surface area contributed by atoms with Crippen molar-refractivity contribution in [3.05, 3.63) is 46.8 Å². The Bertz CT molecular complexity index is 470. The fourth-order valence-electron chi connectivity index (χ4n) is 1.62. The molecule has 0 radical (unpaired) electrons. The van der Waals surface area contributed by atoms with E-state index in [-0.39, 0.29) is 22.0 Å². The SMILES string of the molecule is [O-]N([O-])c1cccc2cccc(N(O)O)c12. The van der Waals surface area contributed by atoms with Crippen molar-refractivity contribution in [1.82, 2.24) is 0 Å². The third-order valence-electron chi connectivity index (χ3n) is 2.27. The van der Waals surface area contributed by atoms with Gasteiger partial charge in [-0.25, -0.2) is 0 Å². The third-order valence-corrected chi connectivity index (χ3v) is 2.27. The number of nitrogens with zero attached hydrogens (tertiary/aromatic N) is 2. The second kappa shape index (κ2) is 3.95. The molecule has 0 aromatic heterocycles. The molecule has 0 atom stereocenters. The maximum absolute atomic E-state index is 10.8. The van der Waals surface area contributed by atoms with Crippen LogP contribution in [0.15, 0.2) is 36.4 Å². The first-order chi connectivity index (χ1) is 7.61. The molecule has 84 valence electrons. The summed E-state index contributed by atoms with van der Waals surface area (Å²) in [5.74, 6) is 0. The normalized spacial score (nSPS) is 10.5. The molecule has 0 fully saturated rings. The predicted octanol–water partition coefficient (Wildman–Crippen LogP) is 2.23. The molecule has 0 heterocycles. The summed E-state index contributed by atoms with van der Waals surface area (Å²) in [5, 5.41) is 39.7. The van der Waals surface area contributed by atoms with Crippen molar-refractivity contribution in [2.45, 2.75) is 0 Å². The fourth-order valence-corrected chi connectivity index (χ4v) is 1.62. The smallest absolute Gasteiger partial charge is 0.104 e. The van der Waals surface area contributed by atoms with Crippen molar-refractivity contribution in [3.63, 3.8) is 0 Å². The van der Waals surface area contributed by atoms with E-state index < -0.39 is 5.23 Å². The summed E-state index contributed by atoms with van der Waals surface area (Å²) in [7, 11) is 0. The monoisotopic (exact) mass is 220 g/mol. The zero-order valence-corrected chi connectivity index (χ0v) is 8.07. The van der Waals surface area contributed by atoms with Gasteiger partial charge in [0.05, 0.1) is 0 Å². The van der Waals surface area contributed by atoms with E-state index in [0.717, 1.165) is 0 Å². The highest BCUT2D eigenvalue weighted by Crippen LogP contribution is 2.33. The standard InChI is InChI=1S/C10H8N2O4/c13-11(14)8-5-1-3-7-4-2-6-9(10(7)8)12(15)16/h1-6,13-14H/q-2. The lowest BCUT2D eigenvalue weighted by Gasteiger charge is -2.38. The van der Waals surface area contributed by atoms with Gasteiger partial charge in [0.15, 0.2) is 0 Å². The Morgan fingerprint density at radius 3 is 1.94 bits per heavy atom. The number of rotatable bonds is 2. The highest BCUT2D eigenvalue weighted by molar-refractivity contribution is 6.03. The van der Waals surface area contributed by atoms with Crippen LogP contribution in [0.5, 0.6) is 0 Å². The van der Waals surface area contributed by atoms with E-state index in [0.29, 0.717) is 5.39 Å². The van der Waals surface area contributed by atoms with Gasteiger partial charge in [-0.1, -0.05) is 24.3 Å². The summed E-state index contributed by atoms with van der Waals surface area (Å²) in [6, 6.07) is 9.15. The summed E-state index contributed by atoms with van der Waals surface area (Å²) >= 11 is 0. The number of fused-ring (bicyclic) bond motifs is 1. The van der Waals surface area contributed by atoms with Gasteiger partial charge in [-0.05, 0) is 17.5 Å². The van der Waals surface area contributed by atoms with Crippen molar-refractivity contribution >= 4 is 22.1 Å². The van der Waals surface area contributed by atoms with E-state index in [2.05, 4.69) is 0 Å². The van der Waals surface area contributed by atoms with Crippen LogP contribution in [0.1, 0.15) is 0 Å². The minimum absolute atomic E-state index is 0.0233. The number of hydrogen-bond donors (Lipinski definition) is 2. The summed E-state index contributed by atoms with van der Waals surface area (Å²) in [6.45, 7) is 0. The molecule has 6 heteroatoms. The van der Waals surface area contributed by atoms with Crippen LogP contribution in [0.2, 0.25) is 0 Å². The lowest BCUT2D eigenvalue weighted by Crippen LogP contribution is -2.13. The maximum Gasteiger partial charge on any atom is 0.104 e. The van der Waals surface area contributed by atoms with Gasteiger partial charge in [0.2, 0.25) is 0 Å². The van der Waals surface area contributed by atoms with Gasteiger partial charge in [0.25, 0.3) is 0 Å². The van der Waals surface area contributed by atoms with Crippen molar-refractivity contribution in [3.8, 4) is 0 Å². The Hall–Kier alpha value is -1.86. The van der Waals surface area contributed by atoms with Crippen LogP contribution in [0.4, 0.5) is 11.4 Å². The Balaban J connectivity index is 2.82. The minimum Gasteiger partial charge on any atom is -0.769 e. The zero-order valence-electron chi connectivity index (χ0n) is 8.07. The van der Waals surface area contributed by atoms with E-state index in [1.54, 1.807) is 24.3 Å². The van der Waals surface area contributed by atoms with Gasteiger partial charge in [-0.3, -0.25) is 10.4 Å². The van der Waals surface area contributed by atoms with Crippen molar-refractivity contribution < 1.29 is 10.4 Å². The van der Waals surface area contributed by atoms with Crippen LogP contribution in [0, 0.1) is 10.4 Å². The van der Waals surface area contributed by atoms with Crippen LogP contribution < -0.4 is 10.5 Å². The van der Waals surface area contributed by atoms with E-state index in [1.807, 2.05) is 0 Å². The molecule has 0 unspecified atom stereocenters. The minimum atomic E-state index is -0.560. The van der Waals surface area contributed by atoms with E-state index in [4.69, 9.17) is 10.4 Å². The van der Waals surface area contributed by atoms with Gasteiger partial charge in [0, 0.05) is 11.1 Å². The lowest BCUT2D eigenvalue weighted by atomic mass is 10.1. The molecule has 0 amide bonds. The molecule has 16 heavy (non-hydrogen) atoms. The Morgan fingerprint density at radius 2 is 1.44 bits per heavy atom. The fraction of sp³-hybridized carbons (Fsp3) is 0. The molecular weight excluding hydrogens is 212 g/mol. The molecular formula is C10H8N2O4-2. The maximum atomic E-state index is 10.8. The largest absolute Gasteiger partial charge is 0.769 e. The molecule has 2 aromatic rings. The summed E-state index contributed by atoms with van der Waals surface area (Å²) in [5.41, 5.74) is -0.189.